The molecule has 0 spiro atoms. The first-order valence-corrected chi connectivity index (χ1v) is 5.69. The molecule has 74 valence electrons. The van der Waals surface area contributed by atoms with Crippen molar-refractivity contribution in [3.05, 3.63) is 26.3 Å². The van der Waals surface area contributed by atoms with Gasteiger partial charge in [-0.25, -0.2) is 0 Å². The van der Waals surface area contributed by atoms with Gasteiger partial charge in [0.25, 0.3) is 0 Å². The summed E-state index contributed by atoms with van der Waals surface area (Å²) in [5.41, 5.74) is 1.42. The number of amides is 1. The fourth-order valence-electron chi connectivity index (χ4n) is 1.59. The molecule has 1 aliphatic rings. The molecular formula is C10H9ClINO. The van der Waals surface area contributed by atoms with Crippen LogP contribution in [-0.2, 0) is 10.2 Å². The molecule has 0 radical (unpaired) electrons. The predicted molar refractivity (Wildman–Crippen MR) is 65.8 cm³/mol. The second kappa shape index (κ2) is 3.10. The first kappa shape index (κ1) is 10.2. The summed E-state index contributed by atoms with van der Waals surface area (Å²) < 4.78 is 0.990. The summed E-state index contributed by atoms with van der Waals surface area (Å²) in [6, 6.07) is 3.71. The summed E-state index contributed by atoms with van der Waals surface area (Å²) in [4.78, 5) is 11.7. The molecule has 14 heavy (non-hydrogen) atoms. The molecular weight excluding hydrogens is 312 g/mol. The third kappa shape index (κ3) is 1.34. The monoisotopic (exact) mass is 321 g/mol. The van der Waals surface area contributed by atoms with Crippen molar-refractivity contribution in [2.45, 2.75) is 19.3 Å². The van der Waals surface area contributed by atoms with E-state index < -0.39 is 5.41 Å². The smallest absolute Gasteiger partial charge is 0.234 e. The largest absolute Gasteiger partial charge is 0.324 e. The number of nitrogens with one attached hydrogen (secondary N) is 1. The van der Waals surface area contributed by atoms with Gasteiger partial charge in [-0.1, -0.05) is 11.6 Å². The minimum atomic E-state index is -0.472. The highest BCUT2D eigenvalue weighted by Gasteiger charge is 2.39. The molecule has 2 rings (SSSR count). The molecule has 0 saturated heterocycles. The third-order valence-corrected chi connectivity index (χ3v) is 3.60. The normalized spacial score (nSPS) is 17.9. The number of benzene rings is 1. The number of hydrogen-bond donors (Lipinski definition) is 1. The second-order valence-corrected chi connectivity index (χ2v) is 5.49. The van der Waals surface area contributed by atoms with Gasteiger partial charge in [0.1, 0.15) is 0 Å². The van der Waals surface area contributed by atoms with E-state index in [9.17, 15) is 4.79 Å². The topological polar surface area (TPSA) is 29.1 Å². The van der Waals surface area contributed by atoms with Crippen molar-refractivity contribution in [3.8, 4) is 0 Å². The van der Waals surface area contributed by atoms with Crippen LogP contribution in [0.3, 0.4) is 0 Å². The molecule has 0 aromatic heterocycles. The third-order valence-electron chi connectivity index (χ3n) is 2.53. The molecule has 1 aromatic carbocycles. The highest BCUT2D eigenvalue weighted by Crippen LogP contribution is 2.41. The second-order valence-electron chi connectivity index (χ2n) is 3.89. The van der Waals surface area contributed by atoms with Crippen LogP contribution < -0.4 is 5.32 Å². The number of carbonyl (C=O) groups is 1. The minimum Gasteiger partial charge on any atom is -0.324 e. The minimum absolute atomic E-state index is 0.0349. The molecule has 2 nitrogen and oxygen atoms in total. The van der Waals surface area contributed by atoms with E-state index in [1.807, 2.05) is 26.0 Å². The molecule has 0 bridgehead atoms. The molecule has 1 N–H and O–H groups in total. The van der Waals surface area contributed by atoms with Crippen LogP contribution >= 0.6 is 34.2 Å². The van der Waals surface area contributed by atoms with E-state index in [0.29, 0.717) is 5.02 Å². The van der Waals surface area contributed by atoms with Crippen LogP contribution in [-0.4, -0.2) is 5.91 Å². The fraction of sp³-hybridized carbons (Fsp3) is 0.300. The van der Waals surface area contributed by atoms with Crippen LogP contribution in [0, 0.1) is 3.57 Å². The number of hydrogen-bond acceptors (Lipinski definition) is 1. The summed E-state index contributed by atoms with van der Waals surface area (Å²) in [6.45, 7) is 3.81. The van der Waals surface area contributed by atoms with E-state index in [-0.39, 0.29) is 5.91 Å². The van der Waals surface area contributed by atoms with Gasteiger partial charge in [-0.15, -0.1) is 0 Å². The Bertz CT molecular complexity index is 428. The maximum atomic E-state index is 11.7. The lowest BCUT2D eigenvalue weighted by molar-refractivity contribution is -0.119. The first-order chi connectivity index (χ1) is 6.43. The standard InChI is InChI=1S/C10H9ClINO/c1-10(2)6-3-5(11)4-7(12)8(6)13-9(10)14/h3-4H,1-2H3,(H,13,14). The van der Waals surface area contributed by atoms with Gasteiger partial charge < -0.3 is 5.32 Å². The zero-order chi connectivity index (χ0) is 10.5. The van der Waals surface area contributed by atoms with Gasteiger partial charge in [0.05, 0.1) is 11.1 Å². The van der Waals surface area contributed by atoms with Crippen molar-refractivity contribution in [2.24, 2.45) is 0 Å². The van der Waals surface area contributed by atoms with Crippen LogP contribution in [0.2, 0.25) is 5.02 Å². The van der Waals surface area contributed by atoms with Crippen molar-refractivity contribution in [1.29, 1.82) is 0 Å². The van der Waals surface area contributed by atoms with Crippen LogP contribution in [0.1, 0.15) is 19.4 Å². The van der Waals surface area contributed by atoms with E-state index in [2.05, 4.69) is 27.9 Å². The Morgan fingerprint density at radius 1 is 1.43 bits per heavy atom. The highest BCUT2D eigenvalue weighted by atomic mass is 127. The molecule has 1 amide bonds. The number of fused-ring (bicyclic) bond motifs is 1. The van der Waals surface area contributed by atoms with Crippen LogP contribution in [0.5, 0.6) is 0 Å². The Balaban J connectivity index is 2.71. The lowest BCUT2D eigenvalue weighted by Gasteiger charge is -2.15. The van der Waals surface area contributed by atoms with Crippen molar-refractivity contribution >= 4 is 45.8 Å². The van der Waals surface area contributed by atoms with E-state index in [1.54, 1.807) is 0 Å². The number of rotatable bonds is 0. The highest BCUT2D eigenvalue weighted by molar-refractivity contribution is 14.1. The average Bonchev–Trinajstić information content (AvgIpc) is 2.28. The van der Waals surface area contributed by atoms with Gasteiger partial charge in [-0.3, -0.25) is 4.79 Å². The van der Waals surface area contributed by atoms with Gasteiger partial charge in [0.15, 0.2) is 0 Å². The van der Waals surface area contributed by atoms with Gasteiger partial charge in [0.2, 0.25) is 5.91 Å². The molecule has 1 aromatic rings. The lowest BCUT2D eigenvalue weighted by atomic mass is 9.86. The van der Waals surface area contributed by atoms with E-state index in [0.717, 1.165) is 14.8 Å². The average molecular weight is 322 g/mol. The van der Waals surface area contributed by atoms with Crippen LogP contribution in [0.25, 0.3) is 0 Å². The molecule has 0 unspecified atom stereocenters. The Labute approximate surface area is 101 Å². The van der Waals surface area contributed by atoms with Crippen LogP contribution in [0.15, 0.2) is 12.1 Å². The summed E-state index contributed by atoms with van der Waals surface area (Å²) in [7, 11) is 0. The predicted octanol–water partition coefficient (Wildman–Crippen LogP) is 3.17. The first-order valence-electron chi connectivity index (χ1n) is 4.24. The Morgan fingerprint density at radius 2 is 2.07 bits per heavy atom. The van der Waals surface area contributed by atoms with Crippen LogP contribution in [0.4, 0.5) is 5.69 Å². The SMILES string of the molecule is CC1(C)C(=O)Nc2c(I)cc(Cl)cc21. The summed E-state index contributed by atoms with van der Waals surface area (Å²) in [5, 5.41) is 3.56. The molecule has 0 saturated carbocycles. The quantitative estimate of drug-likeness (QED) is 0.731. The van der Waals surface area contributed by atoms with E-state index >= 15 is 0 Å². The molecule has 1 aliphatic heterocycles. The molecule has 1 heterocycles. The maximum absolute atomic E-state index is 11.7. The van der Waals surface area contributed by atoms with Gasteiger partial charge in [-0.2, -0.15) is 0 Å². The molecule has 0 aliphatic carbocycles. The molecule has 0 fully saturated rings. The zero-order valence-electron chi connectivity index (χ0n) is 7.82. The van der Waals surface area contributed by atoms with Gasteiger partial charge in [-0.05, 0) is 54.1 Å². The van der Waals surface area contributed by atoms with Gasteiger partial charge >= 0.3 is 0 Å². The van der Waals surface area contributed by atoms with Crippen molar-refractivity contribution in [1.82, 2.24) is 0 Å². The number of anilines is 1. The number of carbonyl (C=O) groups excluding carboxylic acids is 1. The Kier molecular flexibility index (Phi) is 2.27. The summed E-state index contributed by atoms with van der Waals surface area (Å²) in [6.07, 6.45) is 0. The van der Waals surface area contributed by atoms with Crippen molar-refractivity contribution < 1.29 is 4.79 Å². The Hall–Kier alpha value is -0.290. The Morgan fingerprint density at radius 3 is 2.71 bits per heavy atom. The lowest BCUT2D eigenvalue weighted by Crippen LogP contribution is -2.26. The molecule has 4 heteroatoms. The van der Waals surface area contributed by atoms with Gasteiger partial charge in [0, 0.05) is 8.59 Å². The van der Waals surface area contributed by atoms with Crippen molar-refractivity contribution in [2.75, 3.05) is 5.32 Å². The van der Waals surface area contributed by atoms with Crippen molar-refractivity contribution in [3.63, 3.8) is 0 Å². The molecule has 0 atom stereocenters. The van der Waals surface area contributed by atoms with E-state index in [1.165, 1.54) is 0 Å². The number of halogens is 2. The van der Waals surface area contributed by atoms with E-state index in [4.69, 9.17) is 11.6 Å². The maximum Gasteiger partial charge on any atom is 0.234 e. The summed E-state index contributed by atoms with van der Waals surface area (Å²) in [5.74, 6) is 0.0349. The zero-order valence-corrected chi connectivity index (χ0v) is 10.7. The fourth-order valence-corrected chi connectivity index (χ4v) is 2.75. The summed E-state index contributed by atoms with van der Waals surface area (Å²) >= 11 is 8.14.